The van der Waals surface area contributed by atoms with Crippen molar-refractivity contribution in [2.75, 3.05) is 0 Å². The number of Topliss-reactive ketones (excluding diaryl/α,β-unsaturated/α-hetero) is 1. The van der Waals surface area contributed by atoms with Gasteiger partial charge in [-0.05, 0) is 17.5 Å². The van der Waals surface area contributed by atoms with Crippen LogP contribution in [0.4, 0.5) is 4.39 Å². The summed E-state index contributed by atoms with van der Waals surface area (Å²) in [5.41, 5.74) is 6.04. The van der Waals surface area contributed by atoms with E-state index < -0.39 is 5.82 Å². The highest BCUT2D eigenvalue weighted by molar-refractivity contribution is 6.31. The largest absolute Gasteiger partial charge is 0.327 e. The molecule has 0 aliphatic carbocycles. The normalized spacial score (nSPS) is 13.4. The fourth-order valence-electron chi connectivity index (χ4n) is 1.52. The average molecular weight is 272 g/mol. The van der Waals surface area contributed by atoms with Crippen LogP contribution in [-0.2, 0) is 11.2 Å². The fourth-order valence-corrected chi connectivity index (χ4v) is 1.75. The van der Waals surface area contributed by atoms with E-state index in [9.17, 15) is 9.18 Å². The van der Waals surface area contributed by atoms with Gasteiger partial charge in [0.1, 0.15) is 11.6 Å². The monoisotopic (exact) mass is 271 g/mol. The Bertz CT molecular complexity index is 420. The highest BCUT2D eigenvalue weighted by atomic mass is 35.5. The van der Waals surface area contributed by atoms with E-state index in [2.05, 4.69) is 0 Å². The summed E-state index contributed by atoms with van der Waals surface area (Å²) in [6, 6.07) is 4.16. The zero-order valence-corrected chi connectivity index (χ0v) is 11.7. The number of hydrogen-bond acceptors (Lipinski definition) is 2. The first-order valence-corrected chi connectivity index (χ1v) is 6.29. The molecule has 0 fully saturated rings. The lowest BCUT2D eigenvalue weighted by atomic mass is 9.84. The van der Waals surface area contributed by atoms with Crippen molar-refractivity contribution in [2.45, 2.75) is 39.7 Å². The Morgan fingerprint density at radius 2 is 2.06 bits per heavy atom. The van der Waals surface area contributed by atoms with Gasteiger partial charge in [-0.2, -0.15) is 0 Å². The molecule has 0 aliphatic rings. The van der Waals surface area contributed by atoms with E-state index in [0.717, 1.165) is 0 Å². The molecule has 0 radical (unpaired) electrons. The SMILES string of the molecule is CC(C)(C)C(N)CC(=O)Cc1c(F)cccc1Cl. The third kappa shape index (κ3) is 4.07. The van der Waals surface area contributed by atoms with Crippen molar-refractivity contribution in [3.63, 3.8) is 0 Å². The van der Waals surface area contributed by atoms with E-state index in [1.54, 1.807) is 6.07 Å². The zero-order valence-electron chi connectivity index (χ0n) is 11.0. The number of ketones is 1. The van der Waals surface area contributed by atoms with Crippen LogP contribution < -0.4 is 5.73 Å². The smallest absolute Gasteiger partial charge is 0.138 e. The number of halogens is 2. The van der Waals surface area contributed by atoms with Crippen LogP contribution in [0.5, 0.6) is 0 Å². The predicted octanol–water partition coefficient (Wildman–Crippen LogP) is 3.35. The van der Waals surface area contributed by atoms with Gasteiger partial charge in [0.05, 0.1) is 0 Å². The van der Waals surface area contributed by atoms with Crippen LogP contribution in [-0.4, -0.2) is 11.8 Å². The average Bonchev–Trinajstić information content (AvgIpc) is 2.22. The number of carbonyl (C=O) groups excluding carboxylic acids is 1. The minimum absolute atomic E-state index is 0.00468. The molecule has 1 rings (SSSR count). The molecule has 0 amide bonds. The molecule has 18 heavy (non-hydrogen) atoms. The van der Waals surface area contributed by atoms with Crippen LogP contribution in [0.3, 0.4) is 0 Å². The molecule has 2 N–H and O–H groups in total. The van der Waals surface area contributed by atoms with Gasteiger partial charge >= 0.3 is 0 Å². The van der Waals surface area contributed by atoms with Crippen LogP contribution in [0.1, 0.15) is 32.8 Å². The topological polar surface area (TPSA) is 43.1 Å². The molecule has 0 saturated carbocycles. The van der Waals surface area contributed by atoms with Gasteiger partial charge in [-0.3, -0.25) is 4.79 Å². The van der Waals surface area contributed by atoms with Gasteiger partial charge in [-0.1, -0.05) is 38.4 Å². The molecule has 0 aliphatic heterocycles. The molecule has 1 unspecified atom stereocenters. The van der Waals surface area contributed by atoms with Crippen molar-refractivity contribution < 1.29 is 9.18 Å². The molecular weight excluding hydrogens is 253 g/mol. The second-order valence-electron chi connectivity index (χ2n) is 5.59. The molecule has 1 aromatic carbocycles. The first-order valence-electron chi connectivity index (χ1n) is 5.92. The van der Waals surface area contributed by atoms with E-state index in [1.807, 2.05) is 20.8 Å². The second-order valence-corrected chi connectivity index (χ2v) is 6.00. The summed E-state index contributed by atoms with van der Waals surface area (Å²) in [6.07, 6.45) is 0.226. The molecule has 0 heterocycles. The van der Waals surface area contributed by atoms with Crippen molar-refractivity contribution in [3.05, 3.63) is 34.6 Å². The number of carbonyl (C=O) groups is 1. The van der Waals surface area contributed by atoms with Crippen LogP contribution in [0.25, 0.3) is 0 Å². The van der Waals surface area contributed by atoms with Crippen LogP contribution in [0.15, 0.2) is 18.2 Å². The Morgan fingerprint density at radius 3 is 2.56 bits per heavy atom. The van der Waals surface area contributed by atoms with Crippen LogP contribution in [0.2, 0.25) is 5.02 Å². The molecule has 4 heteroatoms. The number of hydrogen-bond donors (Lipinski definition) is 1. The summed E-state index contributed by atoms with van der Waals surface area (Å²) >= 11 is 5.88. The highest BCUT2D eigenvalue weighted by Gasteiger charge is 2.23. The van der Waals surface area contributed by atoms with Crippen molar-refractivity contribution in [2.24, 2.45) is 11.1 Å². The lowest BCUT2D eigenvalue weighted by molar-refractivity contribution is -0.119. The fraction of sp³-hybridized carbons (Fsp3) is 0.500. The summed E-state index contributed by atoms with van der Waals surface area (Å²) in [7, 11) is 0. The number of nitrogens with two attached hydrogens (primary N) is 1. The lowest BCUT2D eigenvalue weighted by Gasteiger charge is -2.26. The maximum absolute atomic E-state index is 13.5. The minimum atomic E-state index is -0.444. The van der Waals surface area contributed by atoms with Gasteiger partial charge in [-0.15, -0.1) is 0 Å². The maximum Gasteiger partial charge on any atom is 0.138 e. The summed E-state index contributed by atoms with van der Waals surface area (Å²) in [5.74, 6) is -0.537. The number of rotatable bonds is 4. The van der Waals surface area contributed by atoms with E-state index in [1.165, 1.54) is 12.1 Å². The minimum Gasteiger partial charge on any atom is -0.327 e. The predicted molar refractivity (Wildman–Crippen MR) is 72.2 cm³/mol. The molecule has 0 spiro atoms. The van der Waals surface area contributed by atoms with Crippen molar-refractivity contribution >= 4 is 17.4 Å². The van der Waals surface area contributed by atoms with Gasteiger partial charge < -0.3 is 5.73 Å². The van der Waals surface area contributed by atoms with Gasteiger partial charge in [0.2, 0.25) is 0 Å². The van der Waals surface area contributed by atoms with Crippen molar-refractivity contribution in [1.82, 2.24) is 0 Å². The van der Waals surface area contributed by atoms with Crippen LogP contribution >= 0.6 is 11.6 Å². The molecule has 1 aromatic rings. The quantitative estimate of drug-likeness (QED) is 0.913. The van der Waals surface area contributed by atoms with Gasteiger partial charge in [0.25, 0.3) is 0 Å². The van der Waals surface area contributed by atoms with E-state index in [-0.39, 0.29) is 40.7 Å². The molecule has 0 aromatic heterocycles. The summed E-state index contributed by atoms with van der Waals surface area (Å²) in [6.45, 7) is 5.92. The molecule has 0 saturated heterocycles. The Balaban J connectivity index is 2.72. The summed E-state index contributed by atoms with van der Waals surface area (Å²) in [5, 5.41) is 0.285. The Morgan fingerprint density at radius 1 is 1.44 bits per heavy atom. The standard InChI is InChI=1S/C14H19ClFNO/c1-14(2,3)13(17)8-9(18)7-10-11(15)5-4-6-12(10)16/h4-6,13H,7-8,17H2,1-3H3. The highest BCUT2D eigenvalue weighted by Crippen LogP contribution is 2.23. The third-order valence-corrected chi connectivity index (χ3v) is 3.35. The molecule has 0 bridgehead atoms. The van der Waals surface area contributed by atoms with Crippen molar-refractivity contribution in [1.29, 1.82) is 0 Å². The van der Waals surface area contributed by atoms with Gasteiger partial charge in [0.15, 0.2) is 0 Å². The lowest BCUT2D eigenvalue weighted by Crippen LogP contribution is -2.37. The Hall–Kier alpha value is -0.930. The molecule has 1 atom stereocenters. The first kappa shape index (κ1) is 15.1. The molecule has 2 nitrogen and oxygen atoms in total. The molecular formula is C14H19ClFNO. The van der Waals surface area contributed by atoms with Crippen LogP contribution in [0, 0.1) is 11.2 Å². The Kier molecular flexibility index (Phi) is 4.88. The van der Waals surface area contributed by atoms with E-state index in [4.69, 9.17) is 17.3 Å². The number of benzene rings is 1. The first-order chi connectivity index (χ1) is 8.21. The molecule has 100 valence electrons. The van der Waals surface area contributed by atoms with Crippen molar-refractivity contribution in [3.8, 4) is 0 Å². The van der Waals surface area contributed by atoms with E-state index >= 15 is 0 Å². The summed E-state index contributed by atoms with van der Waals surface area (Å²) < 4.78 is 13.5. The maximum atomic E-state index is 13.5. The Labute approximate surface area is 112 Å². The second kappa shape index (κ2) is 5.81. The third-order valence-electron chi connectivity index (χ3n) is 3.00. The zero-order chi connectivity index (χ0) is 13.9. The van der Waals surface area contributed by atoms with E-state index in [0.29, 0.717) is 0 Å². The summed E-state index contributed by atoms with van der Waals surface area (Å²) in [4.78, 5) is 11.9. The van der Waals surface area contributed by atoms with Gasteiger partial charge in [-0.25, -0.2) is 4.39 Å². The van der Waals surface area contributed by atoms with Gasteiger partial charge in [0, 0.05) is 29.5 Å².